The second kappa shape index (κ2) is 8.32. The highest BCUT2D eigenvalue weighted by atomic mass is 16.3. The number of nitrogens with two attached hydrogens (primary N) is 3. The van der Waals surface area contributed by atoms with Gasteiger partial charge in [-0.1, -0.05) is 18.8 Å². The molecular weight excluding hydrogens is 478 g/mol. The van der Waals surface area contributed by atoms with Crippen molar-refractivity contribution >= 4 is 29.0 Å². The van der Waals surface area contributed by atoms with Gasteiger partial charge >= 0.3 is 0 Å². The van der Waals surface area contributed by atoms with Gasteiger partial charge in [0.2, 0.25) is 5.91 Å². The number of hydrogen-bond acceptors (Lipinski definition) is 10. The molecule has 0 bridgehead atoms. The molecule has 0 radical (unpaired) electrons. The van der Waals surface area contributed by atoms with E-state index in [9.17, 15) is 34.3 Å². The molecule has 3 aliphatic rings. The fraction of sp³-hybridized carbons (Fsp3) is 0.462. The summed E-state index contributed by atoms with van der Waals surface area (Å²) in [5.74, 6) is -4.14. The van der Waals surface area contributed by atoms with Gasteiger partial charge in [0.15, 0.2) is 34.5 Å². The maximum Gasteiger partial charge on any atom is 0.235 e. The monoisotopic (exact) mass is 505 g/mol. The number of amides is 1. The van der Waals surface area contributed by atoms with E-state index in [-0.39, 0.29) is 12.0 Å². The number of rotatable bonds is 2. The molecule has 11 heteroatoms. The van der Waals surface area contributed by atoms with Gasteiger partial charge in [-0.15, -0.1) is 0 Å². The number of aromatic hydroxyl groups is 1. The van der Waals surface area contributed by atoms with Crippen LogP contribution in [0.15, 0.2) is 12.1 Å². The number of fused-ring (bicyclic) bond motifs is 3. The maximum atomic E-state index is 14.2. The number of primary amides is 1. The molecule has 7 N–H and O–H groups in total. The van der Waals surface area contributed by atoms with Crippen LogP contribution in [0.5, 0.6) is 5.75 Å². The van der Waals surface area contributed by atoms with Gasteiger partial charge < -0.3 is 22.3 Å². The van der Waals surface area contributed by atoms with Crippen LogP contribution in [0, 0.1) is 40.4 Å². The number of benzene rings is 1. The van der Waals surface area contributed by atoms with E-state index in [1.165, 1.54) is 31.1 Å². The number of likely N-dealkylation sites (N-methyl/N-ethyl adjacent to an activating group) is 1. The molecule has 1 amide bonds. The second-order valence-corrected chi connectivity index (χ2v) is 10.3. The summed E-state index contributed by atoms with van der Waals surface area (Å²) in [6.45, 7) is 1.84. The van der Waals surface area contributed by atoms with Gasteiger partial charge in [0.1, 0.15) is 11.7 Å². The van der Waals surface area contributed by atoms with Gasteiger partial charge in [-0.25, -0.2) is 0 Å². The van der Waals surface area contributed by atoms with Crippen molar-refractivity contribution in [1.29, 1.82) is 5.26 Å². The first-order valence-corrected chi connectivity index (χ1v) is 11.7. The van der Waals surface area contributed by atoms with Crippen LogP contribution in [0.3, 0.4) is 0 Å². The van der Waals surface area contributed by atoms with Crippen molar-refractivity contribution in [2.75, 3.05) is 14.1 Å². The number of Topliss-reactive ketones (excluding diaryl/α,β-unsaturated/α-hetero) is 4. The van der Waals surface area contributed by atoms with Crippen molar-refractivity contribution in [1.82, 2.24) is 4.90 Å². The summed E-state index contributed by atoms with van der Waals surface area (Å²) in [7, 11) is 2.90. The summed E-state index contributed by atoms with van der Waals surface area (Å²) in [6, 6.07) is 3.04. The third-order valence-corrected chi connectivity index (χ3v) is 7.87. The van der Waals surface area contributed by atoms with Gasteiger partial charge in [0, 0.05) is 17.5 Å². The Bertz CT molecular complexity index is 1400. The van der Waals surface area contributed by atoms with Crippen LogP contribution >= 0.6 is 0 Å². The molecule has 2 saturated carbocycles. The van der Waals surface area contributed by atoms with Crippen molar-refractivity contribution in [2.45, 2.75) is 43.3 Å². The normalized spacial score (nSPS) is 34.6. The molecule has 6 atom stereocenters. The number of carbonyl (C=O) groups excluding carboxylic acids is 5. The first-order valence-electron chi connectivity index (χ1n) is 11.7. The molecule has 1 aromatic rings. The number of carbonyl (C=O) groups is 5. The number of hydrogen-bond donors (Lipinski definition) is 4. The van der Waals surface area contributed by atoms with Crippen LogP contribution in [0.4, 0.5) is 0 Å². The SMILES string of the molecule is CCC#Cc1ccc(O)c2c1C[C@@]1(N)C[C@@]3(N)[C@H](N(C)C)C(=O)C(C(N)=O)C(=O)[C@@]3(C#N)C(=O)C1C2=O. The number of phenolic OH excluding ortho intramolecular Hbond substituents is 1. The van der Waals surface area contributed by atoms with E-state index in [1.807, 2.05) is 6.92 Å². The molecule has 11 nitrogen and oxygen atoms in total. The summed E-state index contributed by atoms with van der Waals surface area (Å²) in [6.07, 6.45) is -0.0864. The van der Waals surface area contributed by atoms with E-state index in [0.717, 1.165) is 0 Å². The average Bonchev–Trinajstić information content (AvgIpc) is 2.77. The molecule has 3 aliphatic carbocycles. The first kappa shape index (κ1) is 26.2. The van der Waals surface area contributed by atoms with Crippen LogP contribution in [-0.2, 0) is 25.6 Å². The quantitative estimate of drug-likeness (QED) is 0.272. The topological polar surface area (TPSA) is 211 Å². The number of nitriles is 1. The average molecular weight is 506 g/mol. The molecule has 0 aliphatic heterocycles. The lowest BCUT2D eigenvalue weighted by atomic mass is 9.42. The second-order valence-electron chi connectivity index (χ2n) is 10.3. The molecule has 0 saturated heterocycles. The Morgan fingerprint density at radius 3 is 2.38 bits per heavy atom. The zero-order chi connectivity index (χ0) is 27.7. The minimum Gasteiger partial charge on any atom is -0.507 e. The largest absolute Gasteiger partial charge is 0.507 e. The van der Waals surface area contributed by atoms with E-state index < -0.39 is 75.6 Å². The van der Waals surface area contributed by atoms with Crippen LogP contribution in [0.25, 0.3) is 0 Å². The molecule has 0 spiro atoms. The summed E-state index contributed by atoms with van der Waals surface area (Å²) in [4.78, 5) is 68.5. The van der Waals surface area contributed by atoms with Crippen LogP contribution in [0.1, 0.15) is 41.3 Å². The third-order valence-electron chi connectivity index (χ3n) is 7.87. The summed E-state index contributed by atoms with van der Waals surface area (Å²) in [5, 5.41) is 20.9. The zero-order valence-electron chi connectivity index (χ0n) is 20.6. The van der Waals surface area contributed by atoms with Crippen LogP contribution < -0.4 is 17.2 Å². The smallest absolute Gasteiger partial charge is 0.235 e. The first-order chi connectivity index (χ1) is 17.2. The predicted molar refractivity (Wildman–Crippen MR) is 128 cm³/mol. The highest BCUT2D eigenvalue weighted by Crippen LogP contribution is 2.56. The van der Waals surface area contributed by atoms with E-state index in [0.29, 0.717) is 17.5 Å². The standard InChI is InChI=1S/C26H27N5O6/c1-4-5-6-12-7-8-14(32)15-13(12)9-24(29)10-26(30)20(31(2)3)19(34)16(23(28)37)21(35)25(26,11-27)22(36)17(24)18(15)33/h7-8,16-17,20,32H,4,9-10,29-30H2,1-3H3,(H2,28,37)/t16?,17?,20-,24-,25+,26-/m1/s1. The van der Waals surface area contributed by atoms with E-state index in [2.05, 4.69) is 11.8 Å². The zero-order valence-corrected chi connectivity index (χ0v) is 20.6. The lowest BCUT2D eigenvalue weighted by Gasteiger charge is -2.60. The van der Waals surface area contributed by atoms with Crippen LogP contribution in [0.2, 0.25) is 0 Å². The molecule has 2 unspecified atom stereocenters. The van der Waals surface area contributed by atoms with Crippen LogP contribution in [-0.4, -0.2) is 70.3 Å². The molecule has 192 valence electrons. The molecule has 37 heavy (non-hydrogen) atoms. The third kappa shape index (κ3) is 3.15. The molecule has 4 rings (SSSR count). The molecule has 0 heterocycles. The lowest BCUT2D eigenvalue weighted by molar-refractivity contribution is -0.166. The fourth-order valence-electron chi connectivity index (χ4n) is 6.51. The van der Waals surface area contributed by atoms with Gasteiger partial charge in [0.05, 0.1) is 23.2 Å². The summed E-state index contributed by atoms with van der Waals surface area (Å²) in [5.41, 5.74) is 12.8. The minimum atomic E-state index is -2.76. The van der Waals surface area contributed by atoms with Gasteiger partial charge in [-0.2, -0.15) is 5.26 Å². The number of nitrogens with zero attached hydrogens (tertiary/aromatic N) is 2. The number of phenols is 1. The Kier molecular flexibility index (Phi) is 5.88. The molecule has 2 fully saturated rings. The van der Waals surface area contributed by atoms with Crippen molar-refractivity contribution in [3.63, 3.8) is 0 Å². The van der Waals surface area contributed by atoms with Gasteiger partial charge in [-0.05, 0) is 44.6 Å². The Morgan fingerprint density at radius 2 is 1.84 bits per heavy atom. The van der Waals surface area contributed by atoms with E-state index in [4.69, 9.17) is 17.2 Å². The Hall–Kier alpha value is -3.90. The van der Waals surface area contributed by atoms with Crippen molar-refractivity contribution < 1.29 is 29.1 Å². The molecule has 0 aromatic heterocycles. The summed E-state index contributed by atoms with van der Waals surface area (Å²) < 4.78 is 0. The van der Waals surface area contributed by atoms with E-state index in [1.54, 1.807) is 6.07 Å². The lowest BCUT2D eigenvalue weighted by Crippen LogP contribution is -2.85. The maximum absolute atomic E-state index is 14.2. The summed E-state index contributed by atoms with van der Waals surface area (Å²) >= 11 is 0. The molecular formula is C26H27N5O6. The van der Waals surface area contributed by atoms with Gasteiger partial charge in [-0.3, -0.25) is 28.9 Å². The Balaban J connectivity index is 2.03. The highest BCUT2D eigenvalue weighted by molar-refractivity contribution is 6.33. The Labute approximate surface area is 212 Å². The van der Waals surface area contributed by atoms with Crippen molar-refractivity contribution in [2.24, 2.45) is 34.5 Å². The number of ketones is 4. The van der Waals surface area contributed by atoms with Crippen molar-refractivity contribution in [3.8, 4) is 23.7 Å². The van der Waals surface area contributed by atoms with Gasteiger partial charge in [0.25, 0.3) is 0 Å². The van der Waals surface area contributed by atoms with Crippen molar-refractivity contribution in [3.05, 3.63) is 28.8 Å². The van der Waals surface area contributed by atoms with E-state index >= 15 is 0 Å². The predicted octanol–water partition coefficient (Wildman–Crippen LogP) is -1.43. The minimum absolute atomic E-state index is 0.144. The molecule has 1 aromatic carbocycles. The highest BCUT2D eigenvalue weighted by Gasteiger charge is 2.78. The fourth-order valence-corrected chi connectivity index (χ4v) is 6.51. The Morgan fingerprint density at radius 1 is 1.19 bits per heavy atom.